The zero-order chi connectivity index (χ0) is 11.7. The Labute approximate surface area is 103 Å². The lowest BCUT2D eigenvalue weighted by Gasteiger charge is -2.39. The standard InChI is InChI=1S/C15H18N2/c16-9-12-17-10-7-15(8-11-17)6-5-13-3-1-2-4-14(13)15/h1-4H,5-8,10-12H2. The van der Waals surface area contributed by atoms with E-state index in [1.54, 1.807) is 11.1 Å². The van der Waals surface area contributed by atoms with Gasteiger partial charge in [0.2, 0.25) is 0 Å². The summed E-state index contributed by atoms with van der Waals surface area (Å²) in [4.78, 5) is 2.28. The van der Waals surface area contributed by atoms with Gasteiger partial charge in [-0.25, -0.2) is 0 Å². The van der Waals surface area contributed by atoms with Crippen LogP contribution in [0.1, 0.15) is 30.4 Å². The van der Waals surface area contributed by atoms with Crippen molar-refractivity contribution in [1.29, 1.82) is 5.26 Å². The summed E-state index contributed by atoms with van der Waals surface area (Å²) < 4.78 is 0. The minimum absolute atomic E-state index is 0.433. The van der Waals surface area contributed by atoms with Gasteiger partial charge >= 0.3 is 0 Å². The second kappa shape index (κ2) is 4.16. The molecule has 2 nitrogen and oxygen atoms in total. The number of nitriles is 1. The van der Waals surface area contributed by atoms with Crippen molar-refractivity contribution in [2.75, 3.05) is 19.6 Å². The molecule has 1 spiro atoms. The Morgan fingerprint density at radius 1 is 1.18 bits per heavy atom. The lowest BCUT2D eigenvalue weighted by atomic mass is 9.74. The quantitative estimate of drug-likeness (QED) is 0.688. The summed E-state index contributed by atoms with van der Waals surface area (Å²) in [6, 6.07) is 11.2. The highest BCUT2D eigenvalue weighted by atomic mass is 15.1. The first-order valence-electron chi connectivity index (χ1n) is 6.52. The molecule has 2 heteroatoms. The van der Waals surface area contributed by atoms with E-state index in [9.17, 15) is 0 Å². The maximum atomic E-state index is 8.74. The highest BCUT2D eigenvalue weighted by Crippen LogP contribution is 2.45. The van der Waals surface area contributed by atoms with Crippen LogP contribution in [0.15, 0.2) is 24.3 Å². The topological polar surface area (TPSA) is 27.0 Å². The van der Waals surface area contributed by atoms with Gasteiger partial charge in [-0.05, 0) is 55.3 Å². The molecule has 0 aromatic heterocycles. The minimum Gasteiger partial charge on any atom is -0.291 e. The van der Waals surface area contributed by atoms with Crippen molar-refractivity contribution in [2.24, 2.45) is 0 Å². The van der Waals surface area contributed by atoms with Crippen molar-refractivity contribution in [1.82, 2.24) is 4.90 Å². The molecule has 0 bridgehead atoms. The highest BCUT2D eigenvalue weighted by Gasteiger charge is 2.40. The van der Waals surface area contributed by atoms with Gasteiger partial charge in [0.15, 0.2) is 0 Å². The highest BCUT2D eigenvalue weighted by molar-refractivity contribution is 5.39. The van der Waals surface area contributed by atoms with Gasteiger partial charge in [0, 0.05) is 0 Å². The average molecular weight is 226 g/mol. The number of rotatable bonds is 1. The molecule has 0 saturated carbocycles. The van der Waals surface area contributed by atoms with Crippen LogP contribution in [0.5, 0.6) is 0 Å². The summed E-state index contributed by atoms with van der Waals surface area (Å²) in [5.41, 5.74) is 3.58. The molecule has 1 aromatic carbocycles. The van der Waals surface area contributed by atoms with Gasteiger partial charge in [0.1, 0.15) is 0 Å². The van der Waals surface area contributed by atoms with E-state index in [4.69, 9.17) is 5.26 Å². The third-order valence-corrected chi connectivity index (χ3v) is 4.57. The van der Waals surface area contributed by atoms with E-state index in [1.165, 1.54) is 25.7 Å². The monoisotopic (exact) mass is 226 g/mol. The first-order valence-corrected chi connectivity index (χ1v) is 6.52. The fraction of sp³-hybridized carbons (Fsp3) is 0.533. The van der Waals surface area contributed by atoms with Gasteiger partial charge in [-0.1, -0.05) is 24.3 Å². The van der Waals surface area contributed by atoms with Crippen LogP contribution in [-0.2, 0) is 11.8 Å². The predicted molar refractivity (Wildman–Crippen MR) is 67.7 cm³/mol. The molecule has 2 aliphatic rings. The number of nitrogens with zero attached hydrogens (tertiary/aromatic N) is 2. The lowest BCUT2D eigenvalue weighted by molar-refractivity contribution is 0.173. The Morgan fingerprint density at radius 3 is 2.71 bits per heavy atom. The molecule has 0 atom stereocenters. The zero-order valence-corrected chi connectivity index (χ0v) is 10.2. The van der Waals surface area contributed by atoms with E-state index in [0.29, 0.717) is 12.0 Å². The van der Waals surface area contributed by atoms with Crippen LogP contribution in [0.25, 0.3) is 0 Å². The number of aryl methyl sites for hydroxylation is 1. The van der Waals surface area contributed by atoms with Crippen molar-refractivity contribution in [3.63, 3.8) is 0 Å². The van der Waals surface area contributed by atoms with Crippen LogP contribution in [-0.4, -0.2) is 24.5 Å². The predicted octanol–water partition coefficient (Wildman–Crippen LogP) is 2.49. The molecule has 0 N–H and O–H groups in total. The molecule has 1 aliphatic heterocycles. The molecule has 1 aliphatic carbocycles. The minimum atomic E-state index is 0.433. The van der Waals surface area contributed by atoms with Gasteiger partial charge in [-0.15, -0.1) is 0 Å². The lowest BCUT2D eigenvalue weighted by Crippen LogP contribution is -2.41. The van der Waals surface area contributed by atoms with E-state index in [1.807, 2.05) is 0 Å². The fourth-order valence-corrected chi connectivity index (χ4v) is 3.52. The van der Waals surface area contributed by atoms with Crippen LogP contribution < -0.4 is 0 Å². The Balaban J connectivity index is 1.80. The molecule has 0 radical (unpaired) electrons. The molecule has 1 heterocycles. The Bertz CT molecular complexity index is 450. The Morgan fingerprint density at radius 2 is 1.94 bits per heavy atom. The number of hydrogen-bond donors (Lipinski definition) is 0. The fourth-order valence-electron chi connectivity index (χ4n) is 3.52. The van der Waals surface area contributed by atoms with Gasteiger partial charge < -0.3 is 0 Å². The van der Waals surface area contributed by atoms with E-state index >= 15 is 0 Å². The summed E-state index contributed by atoms with van der Waals surface area (Å²) in [6.45, 7) is 2.77. The maximum Gasteiger partial charge on any atom is 0.0865 e. The number of fused-ring (bicyclic) bond motifs is 2. The van der Waals surface area contributed by atoms with Gasteiger partial charge in [-0.2, -0.15) is 5.26 Å². The van der Waals surface area contributed by atoms with Gasteiger partial charge in [-0.3, -0.25) is 4.90 Å². The van der Waals surface area contributed by atoms with Crippen LogP contribution in [0.3, 0.4) is 0 Å². The number of piperidine rings is 1. The normalized spacial score (nSPS) is 22.3. The molecular formula is C15H18N2. The van der Waals surface area contributed by atoms with Crippen molar-refractivity contribution < 1.29 is 0 Å². The Kier molecular flexibility index (Phi) is 2.64. The van der Waals surface area contributed by atoms with Crippen molar-refractivity contribution >= 4 is 0 Å². The molecular weight excluding hydrogens is 208 g/mol. The molecule has 3 rings (SSSR count). The van der Waals surface area contributed by atoms with E-state index in [2.05, 4.69) is 35.2 Å². The second-order valence-electron chi connectivity index (χ2n) is 5.37. The number of benzene rings is 1. The van der Waals surface area contributed by atoms with Crippen molar-refractivity contribution in [2.45, 2.75) is 31.1 Å². The molecule has 0 unspecified atom stereocenters. The molecule has 17 heavy (non-hydrogen) atoms. The SMILES string of the molecule is N#CCN1CCC2(CCc3ccccc32)CC1. The zero-order valence-electron chi connectivity index (χ0n) is 10.2. The molecule has 0 amide bonds. The summed E-state index contributed by atoms with van der Waals surface area (Å²) in [7, 11) is 0. The van der Waals surface area contributed by atoms with Crippen LogP contribution in [0.2, 0.25) is 0 Å². The largest absolute Gasteiger partial charge is 0.291 e. The second-order valence-corrected chi connectivity index (χ2v) is 5.37. The first-order chi connectivity index (χ1) is 8.34. The third-order valence-electron chi connectivity index (χ3n) is 4.57. The molecule has 1 saturated heterocycles. The number of hydrogen-bond acceptors (Lipinski definition) is 2. The smallest absolute Gasteiger partial charge is 0.0865 e. The van der Waals surface area contributed by atoms with E-state index in [-0.39, 0.29) is 0 Å². The van der Waals surface area contributed by atoms with Gasteiger partial charge in [0.25, 0.3) is 0 Å². The summed E-state index contributed by atoms with van der Waals surface area (Å²) in [5, 5.41) is 8.74. The first kappa shape index (κ1) is 10.8. The van der Waals surface area contributed by atoms with E-state index in [0.717, 1.165) is 13.1 Å². The van der Waals surface area contributed by atoms with Crippen molar-refractivity contribution in [3.05, 3.63) is 35.4 Å². The van der Waals surface area contributed by atoms with Crippen LogP contribution >= 0.6 is 0 Å². The molecule has 1 fully saturated rings. The summed E-state index contributed by atoms with van der Waals surface area (Å²) >= 11 is 0. The maximum absolute atomic E-state index is 8.74. The van der Waals surface area contributed by atoms with Gasteiger partial charge in [0.05, 0.1) is 12.6 Å². The van der Waals surface area contributed by atoms with Crippen LogP contribution in [0, 0.1) is 11.3 Å². The van der Waals surface area contributed by atoms with Crippen molar-refractivity contribution in [3.8, 4) is 6.07 Å². The number of likely N-dealkylation sites (tertiary alicyclic amines) is 1. The summed E-state index contributed by atoms with van der Waals surface area (Å²) in [5.74, 6) is 0. The van der Waals surface area contributed by atoms with E-state index < -0.39 is 0 Å². The molecule has 88 valence electrons. The van der Waals surface area contributed by atoms with Crippen LogP contribution in [0.4, 0.5) is 0 Å². The summed E-state index contributed by atoms with van der Waals surface area (Å²) in [6.07, 6.45) is 5.01. The Hall–Kier alpha value is -1.33. The third kappa shape index (κ3) is 1.75. The molecule has 1 aromatic rings. The average Bonchev–Trinajstić information content (AvgIpc) is 2.73.